The maximum Gasteiger partial charge on any atom is 0.154 e. The van der Waals surface area contributed by atoms with E-state index in [0.29, 0.717) is 56.1 Å². The second-order valence-corrected chi connectivity index (χ2v) is 21.6. The summed E-state index contributed by atoms with van der Waals surface area (Å²) in [6.45, 7) is 6.00. The summed E-state index contributed by atoms with van der Waals surface area (Å²) in [7, 11) is 0. The van der Waals surface area contributed by atoms with Crippen LogP contribution in [0.15, 0.2) is 234 Å². The summed E-state index contributed by atoms with van der Waals surface area (Å²) in [5, 5.41) is 0.645. The molecule has 87 heavy (non-hydrogen) atoms. The van der Waals surface area contributed by atoms with Gasteiger partial charge in [0.2, 0.25) is 0 Å². The van der Waals surface area contributed by atoms with Gasteiger partial charge in [0.1, 0.15) is 47.7 Å². The molecule has 0 fully saturated rings. The third-order valence-electron chi connectivity index (χ3n) is 15.0. The molecule has 6 aromatic carbocycles. The number of furan rings is 3. The van der Waals surface area contributed by atoms with Crippen LogP contribution in [0.4, 0.5) is 8.78 Å². The minimum Gasteiger partial charge on any atom is -0.463 e. The summed E-state index contributed by atoms with van der Waals surface area (Å²) in [5.74, 6) is 6.81. The van der Waals surface area contributed by atoms with Gasteiger partial charge < -0.3 is 13.3 Å². The largest absolute Gasteiger partial charge is 0.463 e. The van der Waals surface area contributed by atoms with Gasteiger partial charge in [-0.15, -0.1) is 12.8 Å². The van der Waals surface area contributed by atoms with E-state index in [1.54, 1.807) is 61.8 Å². The number of hydrogen-bond acceptors (Lipinski definition) is 9. The molecule has 0 saturated heterocycles. The highest BCUT2D eigenvalue weighted by molar-refractivity contribution is 9.10. The SMILES string of the molecule is C.C#Cc1ccc2c(c1)C(c1ccccc1Cl)=N[C@@H](C)c1c(-c3ccco3)ncn1-2.C#Cc1ccc2c(c1)C(c1ccccc1F)=N[C@@H](C)c1c(-c3ccco3)ncn1-2.C[C@@H]1N=C(c2ccccc2F)c2cc(Br)ccc2-n2cnc(-c3ccco3)c21. The molecule has 0 unspecified atom stereocenters. The lowest BCUT2D eigenvalue weighted by atomic mass is 9.98. The fraction of sp³-hybridized carbons (Fsp3) is 0.0986. The van der Waals surface area contributed by atoms with E-state index >= 15 is 0 Å². The Morgan fingerprint density at radius 3 is 1.17 bits per heavy atom. The van der Waals surface area contributed by atoms with Gasteiger partial charge in [-0.3, -0.25) is 28.7 Å². The zero-order valence-electron chi connectivity index (χ0n) is 46.2. The van der Waals surface area contributed by atoms with Gasteiger partial charge in [-0.05, 0) is 142 Å². The third-order valence-corrected chi connectivity index (χ3v) is 15.9. The molecule has 0 spiro atoms. The molecule has 12 nitrogen and oxygen atoms in total. The van der Waals surface area contributed by atoms with Crippen LogP contribution in [0.3, 0.4) is 0 Å². The van der Waals surface area contributed by atoms with Crippen molar-refractivity contribution in [3.05, 3.63) is 284 Å². The van der Waals surface area contributed by atoms with Gasteiger partial charge >= 0.3 is 0 Å². The van der Waals surface area contributed by atoms with Crippen LogP contribution in [0.1, 0.15) is 108 Å². The maximum atomic E-state index is 14.7. The third kappa shape index (κ3) is 10.5. The minimum atomic E-state index is -0.327. The highest BCUT2D eigenvalue weighted by atomic mass is 79.9. The fourth-order valence-corrected chi connectivity index (χ4v) is 11.8. The predicted molar refractivity (Wildman–Crippen MR) is 341 cm³/mol. The number of aromatic nitrogens is 6. The van der Waals surface area contributed by atoms with Crippen molar-refractivity contribution in [3.8, 4) is 76.1 Å². The lowest BCUT2D eigenvalue weighted by Gasteiger charge is -2.13. The fourth-order valence-electron chi connectivity index (χ4n) is 11.2. The van der Waals surface area contributed by atoms with Gasteiger partial charge in [0.15, 0.2) is 17.3 Å². The molecular weight excluding hydrogens is 1180 g/mol. The molecule has 16 heteroatoms. The Morgan fingerprint density at radius 2 is 0.805 bits per heavy atom. The van der Waals surface area contributed by atoms with E-state index in [0.717, 1.165) is 83.5 Å². The number of benzene rings is 6. The van der Waals surface area contributed by atoms with Crippen LogP contribution >= 0.6 is 27.5 Å². The molecule has 0 N–H and O–H groups in total. The Morgan fingerprint density at radius 1 is 0.448 bits per heavy atom. The number of terminal acetylenes is 2. The normalized spacial score (nSPS) is 15.0. The number of hydrogen-bond donors (Lipinski definition) is 0. The first-order chi connectivity index (χ1) is 42.0. The van der Waals surface area contributed by atoms with E-state index in [4.69, 9.17) is 52.7 Å². The monoisotopic (exact) mass is 1230 g/mol. The molecule has 15 rings (SSSR count). The average Bonchev–Trinajstić information content (AvgIpc) is 1.82. The molecule has 0 radical (unpaired) electrons. The van der Waals surface area contributed by atoms with Crippen molar-refractivity contribution < 1.29 is 22.0 Å². The van der Waals surface area contributed by atoms with E-state index in [9.17, 15) is 8.78 Å². The first-order valence-corrected chi connectivity index (χ1v) is 28.5. The smallest absolute Gasteiger partial charge is 0.154 e. The van der Waals surface area contributed by atoms with Crippen LogP contribution in [0.25, 0.3) is 51.4 Å². The Hall–Kier alpha value is -10.5. The van der Waals surface area contributed by atoms with Crippen molar-refractivity contribution in [2.24, 2.45) is 15.0 Å². The van der Waals surface area contributed by atoms with Crippen molar-refractivity contribution in [1.82, 2.24) is 28.7 Å². The molecular formula is C71H51BrClF2N9O3. The molecule has 0 amide bonds. The van der Waals surface area contributed by atoms with Crippen LogP contribution in [0.2, 0.25) is 5.02 Å². The Kier molecular flexibility index (Phi) is 15.7. The Bertz CT molecular complexity index is 4540. The molecule has 12 aromatic rings. The maximum absolute atomic E-state index is 14.7. The van der Waals surface area contributed by atoms with E-state index in [1.165, 1.54) is 12.1 Å². The van der Waals surface area contributed by atoms with Crippen LogP contribution < -0.4 is 0 Å². The van der Waals surface area contributed by atoms with E-state index in [1.807, 2.05) is 158 Å². The van der Waals surface area contributed by atoms with Gasteiger partial charge in [-0.2, -0.15) is 0 Å². The first-order valence-electron chi connectivity index (χ1n) is 27.3. The van der Waals surface area contributed by atoms with Gasteiger partial charge in [0.05, 0.1) is 88.2 Å². The van der Waals surface area contributed by atoms with E-state index < -0.39 is 0 Å². The number of aliphatic imine (C=N–C) groups is 3. The molecule has 6 aromatic heterocycles. The summed E-state index contributed by atoms with van der Waals surface area (Å²) in [6, 6.07) is 49.0. The molecule has 3 aliphatic rings. The molecule has 0 aliphatic carbocycles. The summed E-state index contributed by atoms with van der Waals surface area (Å²) in [5.41, 5.74) is 15.5. The lowest BCUT2D eigenvalue weighted by Crippen LogP contribution is -2.09. The number of imidazole rings is 3. The van der Waals surface area contributed by atoms with Crippen molar-refractivity contribution in [1.29, 1.82) is 0 Å². The van der Waals surface area contributed by atoms with Gasteiger partial charge in [0, 0.05) is 54.0 Å². The Labute approximate surface area is 514 Å². The summed E-state index contributed by atoms with van der Waals surface area (Å²) in [6.07, 6.45) is 21.5. The molecule has 426 valence electrons. The zero-order chi connectivity index (χ0) is 59.2. The Balaban J connectivity index is 0.000000127. The van der Waals surface area contributed by atoms with Crippen molar-refractivity contribution in [2.75, 3.05) is 0 Å². The van der Waals surface area contributed by atoms with Crippen molar-refractivity contribution in [3.63, 3.8) is 0 Å². The van der Waals surface area contributed by atoms with Crippen LogP contribution in [-0.2, 0) is 0 Å². The highest BCUT2D eigenvalue weighted by Gasteiger charge is 2.32. The molecule has 3 aliphatic heterocycles. The highest BCUT2D eigenvalue weighted by Crippen LogP contribution is 2.41. The molecule has 9 heterocycles. The average molecular weight is 1230 g/mol. The number of halogens is 4. The number of fused-ring (bicyclic) bond motifs is 9. The van der Waals surface area contributed by atoms with Gasteiger partial charge in [-0.25, -0.2) is 23.7 Å². The summed E-state index contributed by atoms with van der Waals surface area (Å²) < 4.78 is 53.1. The van der Waals surface area contributed by atoms with Crippen LogP contribution in [0, 0.1) is 36.3 Å². The zero-order valence-corrected chi connectivity index (χ0v) is 48.5. The molecule has 0 bridgehead atoms. The lowest BCUT2D eigenvalue weighted by molar-refractivity contribution is 0.578. The second kappa shape index (κ2) is 23.9. The first kappa shape index (κ1) is 57.0. The molecule has 0 saturated carbocycles. The van der Waals surface area contributed by atoms with Gasteiger partial charge in [0.25, 0.3) is 0 Å². The van der Waals surface area contributed by atoms with Crippen LogP contribution in [-0.4, -0.2) is 45.8 Å². The quantitative estimate of drug-likeness (QED) is 0.152. The van der Waals surface area contributed by atoms with Crippen molar-refractivity contribution >= 4 is 44.7 Å². The van der Waals surface area contributed by atoms with Crippen LogP contribution in [0.5, 0.6) is 0 Å². The summed E-state index contributed by atoms with van der Waals surface area (Å²) in [4.78, 5) is 28.7. The predicted octanol–water partition coefficient (Wildman–Crippen LogP) is 17.4. The number of nitrogens with zero attached hydrogens (tertiary/aromatic N) is 9. The topological polar surface area (TPSA) is 130 Å². The van der Waals surface area contributed by atoms with Crippen molar-refractivity contribution in [2.45, 2.75) is 46.3 Å². The summed E-state index contributed by atoms with van der Waals surface area (Å²) >= 11 is 10.1. The van der Waals surface area contributed by atoms with Gasteiger partial charge in [-0.1, -0.05) is 89.3 Å². The molecule has 3 atom stereocenters. The minimum absolute atomic E-state index is 0. The second-order valence-electron chi connectivity index (χ2n) is 20.3. The van der Waals surface area contributed by atoms with E-state index in [-0.39, 0.29) is 37.2 Å². The number of rotatable bonds is 6. The van der Waals surface area contributed by atoms with E-state index in [2.05, 4.69) is 47.3 Å². The standard InChI is InChI=1S/C24H16ClN3O.C24H16FN3O.C22H15BrFN3O.CH4/c2*1-3-16-10-11-20-18(13-16)22(17-7-4-5-8-19(17)25)27-15(2)24-23(26-14-28(20)24)21-9-6-12-29-21;1-13-22-21(19-7-4-10-28-19)25-12-27(22)18-9-8-14(23)11-16(18)20(26-13)15-5-2-3-6-17(15)24;/h2*1,4-15H,2H3;2-13H,1H3;1H4/t2*15-;13-;/m000./s1.